The summed E-state index contributed by atoms with van der Waals surface area (Å²) in [4.78, 5) is 26.6. The number of Topliss-reactive ketones (excluding diaryl/α,β-unsaturated/α-hetero) is 1. The zero-order valence-corrected chi connectivity index (χ0v) is 15.7. The van der Waals surface area contributed by atoms with Crippen molar-refractivity contribution in [3.05, 3.63) is 59.7 Å². The van der Waals surface area contributed by atoms with Crippen LogP contribution in [0.5, 0.6) is 0 Å². The largest absolute Gasteiger partial charge is 0.378 e. The Labute approximate surface area is 160 Å². The highest BCUT2D eigenvalue weighted by atomic mass is 16.5. The van der Waals surface area contributed by atoms with Crippen molar-refractivity contribution in [3.8, 4) is 0 Å². The van der Waals surface area contributed by atoms with Crippen molar-refractivity contribution in [1.29, 1.82) is 0 Å². The van der Waals surface area contributed by atoms with Crippen molar-refractivity contribution in [2.75, 3.05) is 36.5 Å². The second-order valence-corrected chi connectivity index (χ2v) is 6.67. The molecule has 2 aromatic carbocycles. The quantitative estimate of drug-likeness (QED) is 0.760. The lowest BCUT2D eigenvalue weighted by Crippen LogP contribution is -2.36. The summed E-state index contributed by atoms with van der Waals surface area (Å²) >= 11 is 0. The molecule has 1 N–H and O–H groups in total. The Morgan fingerprint density at radius 3 is 2.26 bits per heavy atom. The number of hydrogen-bond donors (Lipinski definition) is 1. The number of benzene rings is 2. The van der Waals surface area contributed by atoms with Gasteiger partial charge in [0.05, 0.1) is 13.2 Å². The lowest BCUT2D eigenvalue weighted by atomic mass is 10.0. The van der Waals surface area contributed by atoms with Gasteiger partial charge in [-0.3, -0.25) is 9.59 Å². The van der Waals surface area contributed by atoms with Gasteiger partial charge in [0.1, 0.15) is 0 Å². The van der Waals surface area contributed by atoms with E-state index in [1.54, 1.807) is 0 Å². The number of carbonyl (C=O) groups is 2. The number of amides is 1. The highest BCUT2D eigenvalue weighted by Crippen LogP contribution is 2.19. The number of rotatable bonds is 7. The summed E-state index contributed by atoms with van der Waals surface area (Å²) in [5.74, 6) is -0.150. The Bertz CT molecular complexity index is 763. The maximum Gasteiger partial charge on any atom is 0.224 e. The summed E-state index contributed by atoms with van der Waals surface area (Å²) in [6.07, 6.45) is 1.34. The molecule has 0 unspecified atom stereocenters. The number of anilines is 2. The fourth-order valence-electron chi connectivity index (χ4n) is 3.10. The van der Waals surface area contributed by atoms with Gasteiger partial charge >= 0.3 is 0 Å². The molecule has 0 aliphatic carbocycles. The van der Waals surface area contributed by atoms with Crippen LogP contribution in [-0.2, 0) is 16.0 Å². The maximum atomic E-state index is 12.2. The minimum absolute atomic E-state index is 0.00420. The van der Waals surface area contributed by atoms with Gasteiger partial charge in [0.15, 0.2) is 5.78 Å². The van der Waals surface area contributed by atoms with Crippen LogP contribution in [0.15, 0.2) is 48.5 Å². The van der Waals surface area contributed by atoms with Gasteiger partial charge in [0.2, 0.25) is 5.91 Å². The number of ketones is 1. The van der Waals surface area contributed by atoms with Crippen molar-refractivity contribution in [1.82, 2.24) is 0 Å². The Morgan fingerprint density at radius 2 is 1.63 bits per heavy atom. The zero-order valence-electron chi connectivity index (χ0n) is 15.7. The number of carbonyl (C=O) groups excluding carboxylic acids is 2. The van der Waals surface area contributed by atoms with E-state index in [4.69, 9.17) is 4.74 Å². The number of ether oxygens (including phenoxy) is 1. The van der Waals surface area contributed by atoms with E-state index in [1.807, 2.05) is 48.5 Å². The molecule has 1 heterocycles. The molecular weight excluding hydrogens is 340 g/mol. The molecule has 1 amide bonds. The summed E-state index contributed by atoms with van der Waals surface area (Å²) in [7, 11) is 0. The molecule has 0 bridgehead atoms. The molecule has 1 aliphatic heterocycles. The standard InChI is InChI=1S/C22H26N2O3/c1-2-17-3-5-18(6-4-17)21(25)11-12-22(26)23-19-7-9-20(10-8-19)24-13-15-27-16-14-24/h3-10H,2,11-16H2,1H3,(H,23,26). The molecule has 0 atom stereocenters. The van der Waals surface area contributed by atoms with Gasteiger partial charge < -0.3 is 15.0 Å². The summed E-state index contributed by atoms with van der Waals surface area (Å²) in [6, 6.07) is 15.4. The molecule has 0 aromatic heterocycles. The molecule has 0 spiro atoms. The van der Waals surface area contributed by atoms with Gasteiger partial charge in [0.25, 0.3) is 0 Å². The topological polar surface area (TPSA) is 58.6 Å². The normalized spacial score (nSPS) is 14.0. The van der Waals surface area contributed by atoms with Gasteiger partial charge in [-0.25, -0.2) is 0 Å². The molecule has 5 nitrogen and oxygen atoms in total. The fraction of sp³-hybridized carbons (Fsp3) is 0.364. The van der Waals surface area contributed by atoms with Crippen LogP contribution in [0.4, 0.5) is 11.4 Å². The average molecular weight is 366 g/mol. The summed E-state index contributed by atoms with van der Waals surface area (Å²) < 4.78 is 5.36. The van der Waals surface area contributed by atoms with Gasteiger partial charge in [-0.15, -0.1) is 0 Å². The second-order valence-electron chi connectivity index (χ2n) is 6.67. The van der Waals surface area contributed by atoms with Crippen LogP contribution in [0.2, 0.25) is 0 Å². The van der Waals surface area contributed by atoms with Crippen LogP contribution in [0.3, 0.4) is 0 Å². The predicted octanol–water partition coefficient (Wildman–Crippen LogP) is 3.69. The van der Waals surface area contributed by atoms with Gasteiger partial charge in [-0.1, -0.05) is 31.2 Å². The minimum atomic E-state index is -0.146. The first kappa shape index (κ1) is 19.1. The number of morpholine rings is 1. The van der Waals surface area contributed by atoms with Crippen LogP contribution in [0.25, 0.3) is 0 Å². The molecular formula is C22H26N2O3. The molecule has 3 rings (SSSR count). The molecule has 0 radical (unpaired) electrons. The van der Waals surface area contributed by atoms with Gasteiger partial charge in [0, 0.05) is 42.9 Å². The molecule has 1 aliphatic rings. The smallest absolute Gasteiger partial charge is 0.224 e. The van der Waals surface area contributed by atoms with Crippen LogP contribution in [-0.4, -0.2) is 38.0 Å². The predicted molar refractivity (Wildman–Crippen MR) is 107 cm³/mol. The van der Waals surface area contributed by atoms with Crippen molar-refractivity contribution in [2.45, 2.75) is 26.2 Å². The first-order chi connectivity index (χ1) is 13.2. The minimum Gasteiger partial charge on any atom is -0.378 e. The van der Waals surface area contributed by atoms with E-state index < -0.39 is 0 Å². The van der Waals surface area contributed by atoms with Crippen molar-refractivity contribution in [2.24, 2.45) is 0 Å². The van der Waals surface area contributed by atoms with Crippen LogP contribution in [0, 0.1) is 0 Å². The highest BCUT2D eigenvalue weighted by molar-refractivity contribution is 6.00. The fourth-order valence-corrected chi connectivity index (χ4v) is 3.10. The Kier molecular flexibility index (Phi) is 6.60. The molecule has 1 saturated heterocycles. The summed E-state index contributed by atoms with van der Waals surface area (Å²) in [5.41, 5.74) is 3.73. The van der Waals surface area contributed by atoms with E-state index in [0.29, 0.717) is 5.56 Å². The van der Waals surface area contributed by atoms with Gasteiger partial charge in [-0.05, 0) is 36.2 Å². The molecule has 27 heavy (non-hydrogen) atoms. The van der Waals surface area contributed by atoms with E-state index in [0.717, 1.165) is 44.1 Å². The molecule has 5 heteroatoms. The Morgan fingerprint density at radius 1 is 0.963 bits per heavy atom. The van der Waals surface area contributed by atoms with Crippen molar-refractivity contribution in [3.63, 3.8) is 0 Å². The third kappa shape index (κ3) is 5.41. The van der Waals surface area contributed by atoms with Crippen LogP contribution < -0.4 is 10.2 Å². The van der Waals surface area contributed by atoms with Crippen LogP contribution in [0.1, 0.15) is 35.7 Å². The second kappa shape index (κ2) is 9.33. The monoisotopic (exact) mass is 366 g/mol. The lowest BCUT2D eigenvalue weighted by molar-refractivity contribution is -0.116. The van der Waals surface area contributed by atoms with Crippen LogP contribution >= 0.6 is 0 Å². The molecule has 1 fully saturated rings. The number of nitrogens with zero attached hydrogens (tertiary/aromatic N) is 1. The van der Waals surface area contributed by atoms with E-state index in [-0.39, 0.29) is 24.5 Å². The highest BCUT2D eigenvalue weighted by Gasteiger charge is 2.12. The zero-order chi connectivity index (χ0) is 19.1. The Hall–Kier alpha value is -2.66. The van der Waals surface area contributed by atoms with Gasteiger partial charge in [-0.2, -0.15) is 0 Å². The maximum absolute atomic E-state index is 12.2. The first-order valence-corrected chi connectivity index (χ1v) is 9.50. The summed E-state index contributed by atoms with van der Waals surface area (Å²) in [5, 5.41) is 2.86. The summed E-state index contributed by atoms with van der Waals surface area (Å²) in [6.45, 7) is 5.33. The molecule has 2 aromatic rings. The van der Waals surface area contributed by atoms with E-state index in [9.17, 15) is 9.59 Å². The third-order valence-electron chi connectivity index (χ3n) is 4.79. The number of nitrogens with one attached hydrogen (secondary N) is 1. The third-order valence-corrected chi connectivity index (χ3v) is 4.79. The SMILES string of the molecule is CCc1ccc(C(=O)CCC(=O)Nc2ccc(N3CCOCC3)cc2)cc1. The molecule has 0 saturated carbocycles. The van der Waals surface area contributed by atoms with E-state index in [2.05, 4.69) is 17.1 Å². The van der Waals surface area contributed by atoms with E-state index >= 15 is 0 Å². The van der Waals surface area contributed by atoms with Crippen molar-refractivity contribution >= 4 is 23.1 Å². The lowest BCUT2D eigenvalue weighted by Gasteiger charge is -2.28. The first-order valence-electron chi connectivity index (χ1n) is 9.50. The van der Waals surface area contributed by atoms with Crippen molar-refractivity contribution < 1.29 is 14.3 Å². The number of aryl methyl sites for hydroxylation is 1. The number of hydrogen-bond acceptors (Lipinski definition) is 4. The Balaban J connectivity index is 1.47. The molecule has 142 valence electrons. The van der Waals surface area contributed by atoms with E-state index in [1.165, 1.54) is 5.56 Å². The average Bonchev–Trinajstić information content (AvgIpc) is 2.73.